The molecule has 0 radical (unpaired) electrons. The van der Waals surface area contributed by atoms with E-state index >= 15 is 0 Å². The predicted octanol–water partition coefficient (Wildman–Crippen LogP) is 2.14. The third kappa shape index (κ3) is 3.67. The van der Waals surface area contributed by atoms with Crippen molar-refractivity contribution >= 4 is 23.4 Å². The third-order valence-electron chi connectivity index (χ3n) is 3.11. The van der Waals surface area contributed by atoms with E-state index in [-0.39, 0.29) is 11.4 Å². The van der Waals surface area contributed by atoms with Crippen LogP contribution in [0.4, 0.5) is 5.69 Å². The predicted molar refractivity (Wildman–Crippen MR) is 80.2 cm³/mol. The fraction of sp³-hybridized carbons (Fsp3) is 0.357. The first-order valence-corrected chi connectivity index (χ1v) is 7.19. The second kappa shape index (κ2) is 6.02. The van der Waals surface area contributed by atoms with Gasteiger partial charge in [-0.15, -0.1) is 0 Å². The summed E-state index contributed by atoms with van der Waals surface area (Å²) in [5.41, 5.74) is 9.01. The second-order valence-electron chi connectivity index (χ2n) is 4.65. The molecule has 1 aliphatic heterocycles. The number of carbonyl (C=O) groups excluding carboxylic acids is 1. The van der Waals surface area contributed by atoms with Crippen LogP contribution in [0.5, 0.6) is 0 Å². The molecular weight excluding hydrogens is 258 g/mol. The number of thioether (sulfide) groups is 1. The summed E-state index contributed by atoms with van der Waals surface area (Å²) in [7, 11) is 2.01. The van der Waals surface area contributed by atoms with Crippen LogP contribution in [0.15, 0.2) is 35.4 Å². The molecule has 0 bridgehead atoms. The molecule has 0 fully saturated rings. The zero-order valence-corrected chi connectivity index (χ0v) is 12.0. The number of nitrogen functional groups attached to an aromatic ring is 1. The summed E-state index contributed by atoms with van der Waals surface area (Å²) in [6.45, 7) is 1.54. The first-order chi connectivity index (χ1) is 9.06. The number of hydrogen-bond donors (Lipinski definition) is 2. The highest BCUT2D eigenvalue weighted by Gasteiger charge is 2.23. The Bertz CT molecular complexity index is 484. The zero-order chi connectivity index (χ0) is 13.8. The summed E-state index contributed by atoms with van der Waals surface area (Å²) in [4.78, 5) is 13.2. The van der Waals surface area contributed by atoms with Gasteiger partial charge in [0.1, 0.15) is 0 Å². The van der Waals surface area contributed by atoms with Gasteiger partial charge < -0.3 is 16.0 Å². The van der Waals surface area contributed by atoms with E-state index in [0.717, 1.165) is 18.5 Å². The Kier molecular flexibility index (Phi) is 4.37. The molecule has 0 spiro atoms. The maximum absolute atomic E-state index is 11.1. The molecule has 5 heteroatoms. The third-order valence-corrected chi connectivity index (χ3v) is 4.21. The maximum atomic E-state index is 11.1. The summed E-state index contributed by atoms with van der Waals surface area (Å²) in [5.74, 6) is -0.00228. The molecule has 3 N–H and O–H groups in total. The molecule has 0 saturated heterocycles. The van der Waals surface area contributed by atoms with Crippen molar-refractivity contribution in [2.45, 2.75) is 25.3 Å². The van der Waals surface area contributed by atoms with Crippen molar-refractivity contribution in [3.8, 4) is 0 Å². The molecule has 1 atom stereocenters. The molecule has 1 heterocycles. The van der Waals surface area contributed by atoms with E-state index in [1.165, 1.54) is 11.3 Å². The first-order valence-electron chi connectivity index (χ1n) is 6.25. The van der Waals surface area contributed by atoms with Gasteiger partial charge in [-0.25, -0.2) is 0 Å². The molecule has 0 aromatic heterocycles. The van der Waals surface area contributed by atoms with E-state index in [2.05, 4.69) is 27.8 Å². The lowest BCUT2D eigenvalue weighted by Gasteiger charge is -2.24. The summed E-state index contributed by atoms with van der Waals surface area (Å²) in [6.07, 6.45) is 1.94. The van der Waals surface area contributed by atoms with Gasteiger partial charge in [-0.3, -0.25) is 4.79 Å². The van der Waals surface area contributed by atoms with Gasteiger partial charge >= 0.3 is 0 Å². The number of amides is 1. The van der Waals surface area contributed by atoms with Crippen molar-refractivity contribution < 1.29 is 4.79 Å². The SMILES string of the molecule is CC(=O)NC1SC=C(CCc2ccc(N)cc2)N1C. The van der Waals surface area contributed by atoms with E-state index in [9.17, 15) is 4.79 Å². The number of nitrogens with zero attached hydrogens (tertiary/aromatic N) is 1. The Morgan fingerprint density at radius 2 is 2.05 bits per heavy atom. The van der Waals surface area contributed by atoms with Crippen LogP contribution in [0.1, 0.15) is 18.9 Å². The number of aryl methyl sites for hydroxylation is 1. The van der Waals surface area contributed by atoms with Crippen LogP contribution in [0.3, 0.4) is 0 Å². The topological polar surface area (TPSA) is 58.4 Å². The average molecular weight is 277 g/mol. The molecular formula is C14H19N3OS. The summed E-state index contributed by atoms with van der Waals surface area (Å²) >= 11 is 1.64. The fourth-order valence-electron chi connectivity index (χ4n) is 1.96. The summed E-state index contributed by atoms with van der Waals surface area (Å²) in [5, 5.41) is 5.03. The molecule has 2 rings (SSSR count). The minimum absolute atomic E-state index is 0.00228. The van der Waals surface area contributed by atoms with E-state index in [1.807, 2.05) is 19.2 Å². The number of nitrogens with two attached hydrogens (primary N) is 1. The largest absolute Gasteiger partial charge is 0.399 e. The van der Waals surface area contributed by atoms with Gasteiger partial charge in [-0.05, 0) is 35.9 Å². The molecule has 1 aromatic carbocycles. The summed E-state index contributed by atoms with van der Waals surface area (Å²) < 4.78 is 0. The highest BCUT2D eigenvalue weighted by atomic mass is 32.2. The van der Waals surface area contributed by atoms with E-state index in [4.69, 9.17) is 5.73 Å². The van der Waals surface area contributed by atoms with Gasteiger partial charge in [0.2, 0.25) is 5.91 Å². The van der Waals surface area contributed by atoms with Crippen molar-refractivity contribution in [3.63, 3.8) is 0 Å². The number of allylic oxidation sites excluding steroid dienone is 1. The van der Waals surface area contributed by atoms with Gasteiger partial charge in [-0.2, -0.15) is 0 Å². The molecule has 0 aliphatic carbocycles. The van der Waals surface area contributed by atoms with Crippen molar-refractivity contribution in [1.29, 1.82) is 0 Å². The number of carbonyl (C=O) groups is 1. The van der Waals surface area contributed by atoms with E-state index in [1.54, 1.807) is 18.7 Å². The second-order valence-corrected chi connectivity index (χ2v) is 5.61. The van der Waals surface area contributed by atoms with Crippen molar-refractivity contribution in [3.05, 3.63) is 40.9 Å². The molecule has 1 aliphatic rings. The Morgan fingerprint density at radius 1 is 1.37 bits per heavy atom. The number of hydrogen-bond acceptors (Lipinski definition) is 4. The number of rotatable bonds is 4. The van der Waals surface area contributed by atoms with Crippen LogP contribution in [-0.2, 0) is 11.2 Å². The average Bonchev–Trinajstić information content (AvgIpc) is 2.70. The normalized spacial score (nSPS) is 18.3. The molecule has 4 nitrogen and oxygen atoms in total. The number of nitrogens with one attached hydrogen (secondary N) is 1. The van der Waals surface area contributed by atoms with Crippen molar-refractivity contribution in [1.82, 2.24) is 10.2 Å². The lowest BCUT2D eigenvalue weighted by Crippen LogP contribution is -2.40. The van der Waals surface area contributed by atoms with Crippen molar-refractivity contribution in [2.75, 3.05) is 12.8 Å². The minimum Gasteiger partial charge on any atom is -0.399 e. The fourth-order valence-corrected chi connectivity index (χ4v) is 3.09. The zero-order valence-electron chi connectivity index (χ0n) is 11.2. The number of anilines is 1. The van der Waals surface area contributed by atoms with Gasteiger partial charge in [0.05, 0.1) is 0 Å². The lowest BCUT2D eigenvalue weighted by molar-refractivity contribution is -0.119. The first kappa shape index (κ1) is 13.8. The van der Waals surface area contributed by atoms with E-state index < -0.39 is 0 Å². The van der Waals surface area contributed by atoms with Crippen LogP contribution in [0.25, 0.3) is 0 Å². The Hall–Kier alpha value is -1.62. The standard InChI is InChI=1S/C14H19N3OS/c1-10(18)16-14-17(2)13(9-19-14)8-5-11-3-6-12(15)7-4-11/h3-4,6-7,9,14H,5,8,15H2,1-2H3,(H,16,18). The van der Waals surface area contributed by atoms with Gasteiger partial charge in [0.15, 0.2) is 5.50 Å². The van der Waals surface area contributed by atoms with Gasteiger partial charge in [0, 0.05) is 25.4 Å². The summed E-state index contributed by atoms with van der Waals surface area (Å²) in [6, 6.07) is 7.97. The molecule has 1 unspecified atom stereocenters. The Morgan fingerprint density at radius 3 is 2.68 bits per heavy atom. The molecule has 1 aromatic rings. The van der Waals surface area contributed by atoms with Crippen LogP contribution < -0.4 is 11.1 Å². The van der Waals surface area contributed by atoms with Crippen LogP contribution in [0, 0.1) is 0 Å². The van der Waals surface area contributed by atoms with Gasteiger partial charge in [0.25, 0.3) is 0 Å². The lowest BCUT2D eigenvalue weighted by atomic mass is 10.1. The Balaban J connectivity index is 1.87. The molecule has 102 valence electrons. The quantitative estimate of drug-likeness (QED) is 0.828. The highest BCUT2D eigenvalue weighted by molar-refractivity contribution is 8.02. The highest BCUT2D eigenvalue weighted by Crippen LogP contribution is 2.30. The smallest absolute Gasteiger partial charge is 0.219 e. The van der Waals surface area contributed by atoms with Crippen LogP contribution in [0.2, 0.25) is 0 Å². The van der Waals surface area contributed by atoms with Crippen molar-refractivity contribution in [2.24, 2.45) is 0 Å². The van der Waals surface area contributed by atoms with Crippen LogP contribution in [-0.4, -0.2) is 23.4 Å². The molecule has 1 amide bonds. The van der Waals surface area contributed by atoms with Gasteiger partial charge in [-0.1, -0.05) is 23.9 Å². The minimum atomic E-state index is -0.00228. The molecule has 0 saturated carbocycles. The number of benzene rings is 1. The monoisotopic (exact) mass is 277 g/mol. The molecule has 19 heavy (non-hydrogen) atoms. The Labute approximate surface area is 118 Å². The maximum Gasteiger partial charge on any atom is 0.219 e. The van der Waals surface area contributed by atoms with Crippen LogP contribution >= 0.6 is 11.8 Å². The van der Waals surface area contributed by atoms with E-state index in [0.29, 0.717) is 0 Å².